The monoisotopic (exact) mass is 286 g/mol. The number of aromatic nitrogens is 1. The number of amides is 1. The molecule has 0 fully saturated rings. The van der Waals surface area contributed by atoms with Crippen LogP contribution in [0.25, 0.3) is 0 Å². The second-order valence-corrected chi connectivity index (χ2v) is 5.26. The van der Waals surface area contributed by atoms with Crippen LogP contribution in [0.15, 0.2) is 29.0 Å². The molecule has 110 valence electrons. The van der Waals surface area contributed by atoms with Gasteiger partial charge < -0.3 is 14.6 Å². The highest BCUT2D eigenvalue weighted by Crippen LogP contribution is 2.35. The minimum atomic E-state index is -0.144. The van der Waals surface area contributed by atoms with E-state index in [9.17, 15) is 4.79 Å². The van der Waals surface area contributed by atoms with Crippen molar-refractivity contribution in [2.24, 2.45) is 0 Å². The number of ether oxygens (including phenoxy) is 1. The predicted octanol–water partition coefficient (Wildman–Crippen LogP) is 2.80. The number of carbonyl (C=O) groups excluding carboxylic acids is 1. The van der Waals surface area contributed by atoms with Gasteiger partial charge in [0.25, 0.3) is 5.91 Å². The zero-order chi connectivity index (χ0) is 14.8. The van der Waals surface area contributed by atoms with Crippen LogP contribution in [0.1, 0.15) is 46.1 Å². The molecule has 0 spiro atoms. The fraction of sp³-hybridized carbons (Fsp3) is 0.375. The molecule has 1 aliphatic carbocycles. The topological polar surface area (TPSA) is 64.4 Å². The lowest BCUT2D eigenvalue weighted by Gasteiger charge is -2.27. The SMILES string of the molecule is COc1cccc2c1CCC[C@H]2NC(=O)c1conc1C. The van der Waals surface area contributed by atoms with Gasteiger partial charge in [-0.3, -0.25) is 4.79 Å². The number of methoxy groups -OCH3 is 1. The summed E-state index contributed by atoms with van der Waals surface area (Å²) in [6, 6.07) is 5.99. The number of nitrogens with zero attached hydrogens (tertiary/aromatic N) is 1. The van der Waals surface area contributed by atoms with Gasteiger partial charge in [-0.05, 0) is 43.4 Å². The van der Waals surface area contributed by atoms with Crippen LogP contribution < -0.4 is 10.1 Å². The van der Waals surface area contributed by atoms with Gasteiger partial charge in [0, 0.05) is 0 Å². The summed E-state index contributed by atoms with van der Waals surface area (Å²) in [5, 5.41) is 6.82. The number of hydrogen-bond acceptors (Lipinski definition) is 4. The van der Waals surface area contributed by atoms with E-state index in [1.165, 1.54) is 11.8 Å². The molecule has 1 aliphatic rings. The maximum Gasteiger partial charge on any atom is 0.256 e. The zero-order valence-electron chi connectivity index (χ0n) is 12.2. The van der Waals surface area contributed by atoms with E-state index in [0.717, 1.165) is 30.6 Å². The van der Waals surface area contributed by atoms with Gasteiger partial charge in [-0.2, -0.15) is 0 Å². The Bertz CT molecular complexity index is 663. The van der Waals surface area contributed by atoms with Gasteiger partial charge in [0.05, 0.1) is 18.8 Å². The lowest BCUT2D eigenvalue weighted by Crippen LogP contribution is -2.31. The first-order valence-electron chi connectivity index (χ1n) is 7.08. The van der Waals surface area contributed by atoms with E-state index in [4.69, 9.17) is 9.26 Å². The molecule has 0 saturated heterocycles. The van der Waals surface area contributed by atoms with Gasteiger partial charge in [0.1, 0.15) is 17.6 Å². The summed E-state index contributed by atoms with van der Waals surface area (Å²) in [6.45, 7) is 1.76. The normalized spacial score (nSPS) is 17.1. The van der Waals surface area contributed by atoms with Crippen molar-refractivity contribution in [2.45, 2.75) is 32.2 Å². The van der Waals surface area contributed by atoms with Gasteiger partial charge in [0.2, 0.25) is 0 Å². The lowest BCUT2D eigenvalue weighted by molar-refractivity contribution is 0.0931. The minimum absolute atomic E-state index is 0.00523. The van der Waals surface area contributed by atoms with Crippen LogP contribution in [0.3, 0.4) is 0 Å². The number of hydrogen-bond donors (Lipinski definition) is 1. The van der Waals surface area contributed by atoms with Crippen molar-refractivity contribution in [1.29, 1.82) is 0 Å². The van der Waals surface area contributed by atoms with Crippen molar-refractivity contribution < 1.29 is 14.1 Å². The van der Waals surface area contributed by atoms with E-state index in [1.54, 1.807) is 14.0 Å². The highest BCUT2D eigenvalue weighted by Gasteiger charge is 2.25. The lowest BCUT2D eigenvalue weighted by atomic mass is 9.87. The Morgan fingerprint density at radius 1 is 1.48 bits per heavy atom. The van der Waals surface area contributed by atoms with Crippen LogP contribution in [0.5, 0.6) is 5.75 Å². The average molecular weight is 286 g/mol. The largest absolute Gasteiger partial charge is 0.496 e. The fourth-order valence-electron chi connectivity index (χ4n) is 2.90. The van der Waals surface area contributed by atoms with Crippen molar-refractivity contribution in [3.8, 4) is 5.75 Å². The van der Waals surface area contributed by atoms with Gasteiger partial charge in [-0.25, -0.2) is 0 Å². The summed E-state index contributed by atoms with van der Waals surface area (Å²) < 4.78 is 10.3. The van der Waals surface area contributed by atoms with Gasteiger partial charge >= 0.3 is 0 Å². The van der Waals surface area contributed by atoms with Crippen molar-refractivity contribution in [3.63, 3.8) is 0 Å². The molecular weight excluding hydrogens is 268 g/mol. The van der Waals surface area contributed by atoms with E-state index >= 15 is 0 Å². The third-order valence-corrected chi connectivity index (χ3v) is 3.98. The number of benzene rings is 1. The summed E-state index contributed by atoms with van der Waals surface area (Å²) in [6.07, 6.45) is 4.33. The molecule has 0 saturated carbocycles. The molecular formula is C16H18N2O3. The molecule has 5 heteroatoms. The quantitative estimate of drug-likeness (QED) is 0.942. The number of rotatable bonds is 3. The highest BCUT2D eigenvalue weighted by molar-refractivity contribution is 5.95. The number of fused-ring (bicyclic) bond motifs is 1. The molecule has 1 N–H and O–H groups in total. The first-order chi connectivity index (χ1) is 10.2. The molecule has 1 amide bonds. The van der Waals surface area contributed by atoms with Crippen LogP contribution in [0.2, 0.25) is 0 Å². The Balaban J connectivity index is 1.86. The van der Waals surface area contributed by atoms with E-state index in [-0.39, 0.29) is 11.9 Å². The number of carbonyl (C=O) groups is 1. The fourth-order valence-corrected chi connectivity index (χ4v) is 2.90. The number of aryl methyl sites for hydroxylation is 1. The first kappa shape index (κ1) is 13.7. The summed E-state index contributed by atoms with van der Waals surface area (Å²) in [5.74, 6) is 0.752. The molecule has 1 aromatic carbocycles. The molecule has 2 aromatic rings. The predicted molar refractivity (Wildman–Crippen MR) is 77.4 cm³/mol. The smallest absolute Gasteiger partial charge is 0.256 e. The Morgan fingerprint density at radius 3 is 3.05 bits per heavy atom. The molecule has 0 aliphatic heterocycles. The van der Waals surface area contributed by atoms with Gasteiger partial charge in [-0.1, -0.05) is 17.3 Å². The Hall–Kier alpha value is -2.30. The van der Waals surface area contributed by atoms with Crippen molar-refractivity contribution >= 4 is 5.91 Å². The Kier molecular flexibility index (Phi) is 3.64. The molecule has 0 bridgehead atoms. The second-order valence-electron chi connectivity index (χ2n) is 5.26. The molecule has 1 aromatic heterocycles. The van der Waals surface area contributed by atoms with E-state index in [2.05, 4.69) is 16.5 Å². The summed E-state index contributed by atoms with van der Waals surface area (Å²) >= 11 is 0. The van der Waals surface area contributed by atoms with E-state index in [0.29, 0.717) is 11.3 Å². The maximum absolute atomic E-state index is 12.3. The third-order valence-electron chi connectivity index (χ3n) is 3.98. The standard InChI is InChI=1S/C16H18N2O3/c1-10-13(9-21-18-10)16(19)17-14-7-3-6-12-11(14)5-4-8-15(12)20-2/h4-5,8-9,14H,3,6-7H2,1-2H3,(H,17,19)/t14-/m1/s1. The molecule has 5 nitrogen and oxygen atoms in total. The maximum atomic E-state index is 12.3. The summed E-state index contributed by atoms with van der Waals surface area (Å²) in [5.41, 5.74) is 3.43. The van der Waals surface area contributed by atoms with Crippen LogP contribution in [0, 0.1) is 6.92 Å². The summed E-state index contributed by atoms with van der Waals surface area (Å²) in [4.78, 5) is 12.3. The number of nitrogens with one attached hydrogen (secondary N) is 1. The minimum Gasteiger partial charge on any atom is -0.496 e. The van der Waals surface area contributed by atoms with E-state index < -0.39 is 0 Å². The molecule has 0 radical (unpaired) electrons. The molecule has 1 atom stereocenters. The van der Waals surface area contributed by atoms with Crippen molar-refractivity contribution in [2.75, 3.05) is 7.11 Å². The second kappa shape index (κ2) is 5.60. The van der Waals surface area contributed by atoms with Gasteiger partial charge in [0.15, 0.2) is 0 Å². The average Bonchev–Trinajstić information content (AvgIpc) is 2.93. The molecule has 21 heavy (non-hydrogen) atoms. The zero-order valence-corrected chi connectivity index (χ0v) is 12.2. The third kappa shape index (κ3) is 2.51. The van der Waals surface area contributed by atoms with Crippen molar-refractivity contribution in [3.05, 3.63) is 46.8 Å². The molecule has 0 unspecified atom stereocenters. The molecule has 1 heterocycles. The first-order valence-corrected chi connectivity index (χ1v) is 7.08. The van der Waals surface area contributed by atoms with Crippen molar-refractivity contribution in [1.82, 2.24) is 10.5 Å². The Morgan fingerprint density at radius 2 is 2.33 bits per heavy atom. The highest BCUT2D eigenvalue weighted by atomic mass is 16.5. The summed E-state index contributed by atoms with van der Waals surface area (Å²) in [7, 11) is 1.68. The Labute approximate surface area is 123 Å². The van der Waals surface area contributed by atoms with E-state index in [1.807, 2.05) is 12.1 Å². The van der Waals surface area contributed by atoms with Crippen LogP contribution in [-0.2, 0) is 6.42 Å². The van der Waals surface area contributed by atoms with Crippen LogP contribution in [-0.4, -0.2) is 18.2 Å². The van der Waals surface area contributed by atoms with Gasteiger partial charge in [-0.15, -0.1) is 0 Å². The van der Waals surface area contributed by atoms with Crippen LogP contribution >= 0.6 is 0 Å². The molecule has 3 rings (SSSR count). The van der Waals surface area contributed by atoms with Crippen LogP contribution in [0.4, 0.5) is 0 Å².